The second-order valence-corrected chi connectivity index (χ2v) is 4.13. The topological polar surface area (TPSA) is 58.7 Å². The molecule has 0 amide bonds. The van der Waals surface area contributed by atoms with Crippen molar-refractivity contribution < 1.29 is 9.84 Å². The summed E-state index contributed by atoms with van der Waals surface area (Å²) in [6, 6.07) is 7.63. The molecule has 0 saturated carbocycles. The van der Waals surface area contributed by atoms with Gasteiger partial charge in [0.2, 0.25) is 0 Å². The van der Waals surface area contributed by atoms with Crippen molar-refractivity contribution in [2.45, 2.75) is 19.6 Å². The van der Waals surface area contributed by atoms with Crippen molar-refractivity contribution in [1.82, 2.24) is 4.90 Å². The predicted molar refractivity (Wildman–Crippen MR) is 69.0 cm³/mol. The van der Waals surface area contributed by atoms with E-state index >= 15 is 0 Å². The maximum atomic E-state index is 9.78. The average molecular weight is 238 g/mol. The van der Waals surface area contributed by atoms with Gasteiger partial charge in [-0.3, -0.25) is 0 Å². The standard InChI is InChI=1S/C13H22N2O2/c1-3-15(2)9-12(16)10-17-13-7-5-4-6-11(13)8-14/h4-7,12,16H,3,8-10,14H2,1-2H3. The number of ether oxygens (including phenoxy) is 1. The Bertz CT molecular complexity index is 331. The summed E-state index contributed by atoms with van der Waals surface area (Å²) in [4.78, 5) is 2.04. The van der Waals surface area contributed by atoms with Crippen molar-refractivity contribution in [2.75, 3.05) is 26.7 Å². The zero-order valence-electron chi connectivity index (χ0n) is 10.6. The fourth-order valence-electron chi connectivity index (χ4n) is 1.54. The van der Waals surface area contributed by atoms with Crippen molar-refractivity contribution in [3.63, 3.8) is 0 Å². The molecule has 0 bridgehead atoms. The fourth-order valence-corrected chi connectivity index (χ4v) is 1.54. The van der Waals surface area contributed by atoms with Gasteiger partial charge in [-0.15, -0.1) is 0 Å². The van der Waals surface area contributed by atoms with Gasteiger partial charge in [0.25, 0.3) is 0 Å². The van der Waals surface area contributed by atoms with Crippen LogP contribution in [0.3, 0.4) is 0 Å². The van der Waals surface area contributed by atoms with Crippen LogP contribution in [0.5, 0.6) is 5.75 Å². The van der Waals surface area contributed by atoms with Gasteiger partial charge in [-0.05, 0) is 19.7 Å². The number of aliphatic hydroxyl groups is 1. The number of hydrogen-bond donors (Lipinski definition) is 2. The van der Waals surface area contributed by atoms with Crippen molar-refractivity contribution in [3.05, 3.63) is 29.8 Å². The Kier molecular flexibility index (Phi) is 5.97. The lowest BCUT2D eigenvalue weighted by molar-refractivity contribution is 0.0775. The van der Waals surface area contributed by atoms with Crippen LogP contribution < -0.4 is 10.5 Å². The van der Waals surface area contributed by atoms with E-state index in [0.717, 1.165) is 17.9 Å². The number of nitrogens with zero attached hydrogens (tertiary/aromatic N) is 1. The quantitative estimate of drug-likeness (QED) is 0.739. The van der Waals surface area contributed by atoms with Crippen LogP contribution >= 0.6 is 0 Å². The minimum Gasteiger partial charge on any atom is -0.491 e. The van der Waals surface area contributed by atoms with Gasteiger partial charge in [-0.1, -0.05) is 25.1 Å². The van der Waals surface area contributed by atoms with Gasteiger partial charge in [0.15, 0.2) is 0 Å². The van der Waals surface area contributed by atoms with E-state index in [1.54, 1.807) is 0 Å². The minimum atomic E-state index is -0.481. The highest BCUT2D eigenvalue weighted by Crippen LogP contribution is 2.17. The second kappa shape index (κ2) is 7.27. The van der Waals surface area contributed by atoms with Gasteiger partial charge < -0.3 is 20.5 Å². The number of hydrogen-bond acceptors (Lipinski definition) is 4. The number of likely N-dealkylation sites (N-methyl/N-ethyl adjacent to an activating group) is 1. The lowest BCUT2D eigenvalue weighted by Crippen LogP contribution is -2.33. The van der Waals surface area contributed by atoms with Crippen LogP contribution in [0, 0.1) is 0 Å². The molecule has 1 aromatic rings. The van der Waals surface area contributed by atoms with Crippen molar-refractivity contribution >= 4 is 0 Å². The number of nitrogens with two attached hydrogens (primary N) is 1. The van der Waals surface area contributed by atoms with Crippen LogP contribution in [0.15, 0.2) is 24.3 Å². The lowest BCUT2D eigenvalue weighted by Gasteiger charge is -2.19. The molecule has 17 heavy (non-hydrogen) atoms. The van der Waals surface area contributed by atoms with Crippen LogP contribution in [-0.4, -0.2) is 42.9 Å². The van der Waals surface area contributed by atoms with E-state index in [1.165, 1.54) is 0 Å². The highest BCUT2D eigenvalue weighted by Gasteiger charge is 2.09. The third-order valence-electron chi connectivity index (χ3n) is 2.69. The Hall–Kier alpha value is -1.10. The molecule has 0 aliphatic heterocycles. The Morgan fingerprint density at radius 1 is 1.41 bits per heavy atom. The van der Waals surface area contributed by atoms with E-state index in [-0.39, 0.29) is 0 Å². The van der Waals surface area contributed by atoms with Crippen LogP contribution in [0.1, 0.15) is 12.5 Å². The van der Waals surface area contributed by atoms with Crippen molar-refractivity contribution in [1.29, 1.82) is 0 Å². The van der Waals surface area contributed by atoms with E-state index in [0.29, 0.717) is 19.7 Å². The van der Waals surface area contributed by atoms with E-state index in [9.17, 15) is 5.11 Å². The molecule has 1 atom stereocenters. The third-order valence-corrected chi connectivity index (χ3v) is 2.69. The van der Waals surface area contributed by atoms with Gasteiger partial charge in [-0.25, -0.2) is 0 Å². The maximum Gasteiger partial charge on any atom is 0.123 e. The minimum absolute atomic E-state index is 0.293. The molecule has 4 nitrogen and oxygen atoms in total. The molecular formula is C13H22N2O2. The molecule has 0 radical (unpaired) electrons. The summed E-state index contributed by atoms with van der Waals surface area (Å²) in [7, 11) is 1.97. The van der Waals surface area contributed by atoms with E-state index in [2.05, 4.69) is 6.92 Å². The predicted octanol–water partition coefficient (Wildman–Crippen LogP) is 0.837. The second-order valence-electron chi connectivity index (χ2n) is 4.13. The van der Waals surface area contributed by atoms with Gasteiger partial charge in [-0.2, -0.15) is 0 Å². The van der Waals surface area contributed by atoms with Gasteiger partial charge in [0, 0.05) is 18.7 Å². The first kappa shape index (κ1) is 14.0. The fraction of sp³-hybridized carbons (Fsp3) is 0.538. The van der Waals surface area contributed by atoms with Crippen LogP contribution in [0.25, 0.3) is 0 Å². The molecule has 0 aliphatic rings. The number of aliphatic hydroxyl groups excluding tert-OH is 1. The first-order valence-corrected chi connectivity index (χ1v) is 5.94. The Balaban J connectivity index is 2.44. The highest BCUT2D eigenvalue weighted by molar-refractivity contribution is 5.32. The molecule has 1 aromatic carbocycles. The Labute approximate surface area is 103 Å². The summed E-state index contributed by atoms with van der Waals surface area (Å²) in [6.45, 7) is 4.32. The summed E-state index contributed by atoms with van der Waals surface area (Å²) in [5.74, 6) is 0.758. The zero-order valence-corrected chi connectivity index (χ0v) is 10.6. The summed E-state index contributed by atoms with van der Waals surface area (Å²) in [5, 5.41) is 9.78. The molecule has 4 heteroatoms. The molecular weight excluding hydrogens is 216 g/mol. The van der Waals surface area contributed by atoms with E-state index < -0.39 is 6.10 Å². The van der Waals surface area contributed by atoms with Crippen molar-refractivity contribution in [3.8, 4) is 5.75 Å². The molecule has 1 unspecified atom stereocenters. The Morgan fingerprint density at radius 2 is 2.12 bits per heavy atom. The molecule has 0 spiro atoms. The van der Waals surface area contributed by atoms with Crippen LogP contribution in [-0.2, 0) is 6.54 Å². The summed E-state index contributed by atoms with van der Waals surface area (Å²) in [5.41, 5.74) is 6.57. The van der Waals surface area contributed by atoms with Crippen molar-refractivity contribution in [2.24, 2.45) is 5.73 Å². The number of benzene rings is 1. The monoisotopic (exact) mass is 238 g/mol. The molecule has 0 aliphatic carbocycles. The molecule has 3 N–H and O–H groups in total. The molecule has 0 fully saturated rings. The van der Waals surface area contributed by atoms with E-state index in [1.807, 2.05) is 36.2 Å². The summed E-state index contributed by atoms with van der Waals surface area (Å²) >= 11 is 0. The first-order chi connectivity index (χ1) is 8.17. The molecule has 0 saturated heterocycles. The molecule has 0 aromatic heterocycles. The summed E-state index contributed by atoms with van der Waals surface area (Å²) < 4.78 is 5.58. The smallest absolute Gasteiger partial charge is 0.123 e. The third kappa shape index (κ3) is 4.73. The van der Waals surface area contributed by atoms with Gasteiger partial charge >= 0.3 is 0 Å². The summed E-state index contributed by atoms with van der Waals surface area (Å²) in [6.07, 6.45) is -0.481. The van der Waals surface area contributed by atoms with E-state index in [4.69, 9.17) is 10.5 Å². The molecule has 1 rings (SSSR count). The first-order valence-electron chi connectivity index (χ1n) is 5.94. The lowest BCUT2D eigenvalue weighted by atomic mass is 10.2. The van der Waals surface area contributed by atoms with Crippen LogP contribution in [0.2, 0.25) is 0 Å². The SMILES string of the molecule is CCN(C)CC(O)COc1ccccc1CN. The average Bonchev–Trinajstić information content (AvgIpc) is 2.36. The Morgan fingerprint density at radius 3 is 2.76 bits per heavy atom. The largest absolute Gasteiger partial charge is 0.491 e. The number of para-hydroxylation sites is 1. The number of rotatable bonds is 7. The van der Waals surface area contributed by atoms with Gasteiger partial charge in [0.05, 0.1) is 0 Å². The normalized spacial score (nSPS) is 12.8. The van der Waals surface area contributed by atoms with Gasteiger partial charge in [0.1, 0.15) is 18.5 Å². The van der Waals surface area contributed by atoms with Crippen LogP contribution in [0.4, 0.5) is 0 Å². The molecule has 96 valence electrons. The maximum absolute atomic E-state index is 9.78. The molecule has 0 heterocycles. The highest BCUT2D eigenvalue weighted by atomic mass is 16.5. The zero-order chi connectivity index (χ0) is 12.7.